The molecule has 0 spiro atoms. The number of likely N-dealkylation sites (tertiary alicyclic amines) is 2. The van der Waals surface area contributed by atoms with Crippen molar-refractivity contribution in [3.05, 3.63) is 12.2 Å². The summed E-state index contributed by atoms with van der Waals surface area (Å²) >= 11 is 0. The lowest BCUT2D eigenvalue weighted by atomic mass is 9.91. The molecule has 2 rings (SSSR count). The lowest BCUT2D eigenvalue weighted by molar-refractivity contribution is -0.155. The van der Waals surface area contributed by atoms with E-state index in [9.17, 15) is 28.8 Å². The summed E-state index contributed by atoms with van der Waals surface area (Å²) in [4.78, 5) is 71.1. The van der Waals surface area contributed by atoms with Crippen LogP contribution in [0.15, 0.2) is 12.2 Å². The van der Waals surface area contributed by atoms with Gasteiger partial charge in [-0.1, -0.05) is 13.5 Å². The first-order valence-corrected chi connectivity index (χ1v) is 14.0. The van der Waals surface area contributed by atoms with Gasteiger partial charge in [0.15, 0.2) is 0 Å². The standard InChI is InChI=1S/C15H25NO6.C13H19NO6/c1-4-15(2,3)13(18)20-10-11-22-14(19)21-9-8-16-7-5-6-12(16)17;1-10(2)12(16)18-8-9-20-13(17)19-7-6-14-5-3-4-11(14)15/h4-11H2,1-3H3;1,3-9H2,2H3. The highest BCUT2D eigenvalue weighted by Crippen LogP contribution is 2.21. The molecular weight excluding hydrogens is 556 g/mol. The molecule has 2 saturated heterocycles. The minimum absolute atomic E-state index is 0.00196. The van der Waals surface area contributed by atoms with E-state index in [1.165, 1.54) is 6.92 Å². The smallest absolute Gasteiger partial charge is 0.462 e. The van der Waals surface area contributed by atoms with Gasteiger partial charge in [-0.2, -0.15) is 0 Å². The van der Waals surface area contributed by atoms with Crippen molar-refractivity contribution >= 4 is 36.1 Å². The predicted octanol–water partition coefficient (Wildman–Crippen LogP) is 2.62. The number of amides is 2. The summed E-state index contributed by atoms with van der Waals surface area (Å²) in [5.41, 5.74) is -0.258. The lowest BCUT2D eigenvalue weighted by Crippen LogP contribution is -2.29. The van der Waals surface area contributed by atoms with Gasteiger partial charge in [-0.25, -0.2) is 14.4 Å². The van der Waals surface area contributed by atoms with Crippen LogP contribution in [0.3, 0.4) is 0 Å². The molecule has 0 N–H and O–H groups in total. The number of hydrogen-bond donors (Lipinski definition) is 0. The molecule has 2 amide bonds. The van der Waals surface area contributed by atoms with E-state index in [0.29, 0.717) is 45.4 Å². The van der Waals surface area contributed by atoms with Gasteiger partial charge in [0.1, 0.15) is 39.6 Å². The van der Waals surface area contributed by atoms with Crippen molar-refractivity contribution in [1.82, 2.24) is 9.80 Å². The number of nitrogens with zero attached hydrogens (tertiary/aromatic N) is 2. The fraction of sp³-hybridized carbons (Fsp3) is 0.714. The average Bonchev–Trinajstić information content (AvgIpc) is 3.56. The third-order valence-corrected chi connectivity index (χ3v) is 6.36. The Morgan fingerprint density at radius 2 is 1.12 bits per heavy atom. The van der Waals surface area contributed by atoms with Crippen molar-refractivity contribution < 1.29 is 57.2 Å². The van der Waals surface area contributed by atoms with Crippen LogP contribution in [0, 0.1) is 5.41 Å². The molecule has 0 unspecified atom stereocenters. The van der Waals surface area contributed by atoms with Crippen LogP contribution in [0.4, 0.5) is 9.59 Å². The van der Waals surface area contributed by atoms with Gasteiger partial charge in [-0.15, -0.1) is 0 Å². The van der Waals surface area contributed by atoms with E-state index in [0.717, 1.165) is 12.8 Å². The van der Waals surface area contributed by atoms with Gasteiger partial charge in [0, 0.05) is 31.5 Å². The first kappa shape index (κ1) is 36.2. The van der Waals surface area contributed by atoms with Gasteiger partial charge in [0.2, 0.25) is 11.8 Å². The SMILES string of the molecule is C=C(C)C(=O)OCCOC(=O)OCCN1CCCC1=O.CCC(C)(C)C(=O)OCCOC(=O)OCCN1CCCC1=O. The van der Waals surface area contributed by atoms with Crippen LogP contribution in [0.5, 0.6) is 0 Å². The Labute approximate surface area is 246 Å². The first-order valence-electron chi connectivity index (χ1n) is 14.0. The number of hydrogen-bond acceptors (Lipinski definition) is 12. The quantitative estimate of drug-likeness (QED) is 0.117. The van der Waals surface area contributed by atoms with Gasteiger partial charge in [0.05, 0.1) is 18.5 Å². The van der Waals surface area contributed by atoms with E-state index in [1.807, 2.05) is 6.92 Å². The Morgan fingerprint density at radius 3 is 1.50 bits per heavy atom. The fourth-order valence-corrected chi connectivity index (χ4v) is 3.42. The summed E-state index contributed by atoms with van der Waals surface area (Å²) in [7, 11) is 0. The van der Waals surface area contributed by atoms with E-state index >= 15 is 0 Å². The minimum atomic E-state index is -0.844. The Balaban J connectivity index is 0.000000422. The summed E-state index contributed by atoms with van der Waals surface area (Å²) in [5.74, 6) is -0.690. The van der Waals surface area contributed by atoms with Crippen LogP contribution in [0.2, 0.25) is 0 Å². The zero-order valence-electron chi connectivity index (χ0n) is 25.1. The maximum absolute atomic E-state index is 11.7. The van der Waals surface area contributed by atoms with Crippen LogP contribution in [-0.4, -0.2) is 112 Å². The number of carbonyl (C=O) groups is 6. The van der Waals surface area contributed by atoms with Crippen LogP contribution >= 0.6 is 0 Å². The maximum atomic E-state index is 11.7. The van der Waals surface area contributed by atoms with Crippen molar-refractivity contribution in [1.29, 1.82) is 0 Å². The highest BCUT2D eigenvalue weighted by atomic mass is 16.7. The number of rotatable bonds is 15. The molecule has 2 aliphatic heterocycles. The Hall–Kier alpha value is -3.84. The normalized spacial score (nSPS) is 14.5. The number of carbonyl (C=O) groups excluding carboxylic acids is 6. The van der Waals surface area contributed by atoms with E-state index in [4.69, 9.17) is 28.4 Å². The minimum Gasteiger partial charge on any atom is -0.462 e. The maximum Gasteiger partial charge on any atom is 0.508 e. The largest absolute Gasteiger partial charge is 0.508 e. The summed E-state index contributed by atoms with van der Waals surface area (Å²) < 4.78 is 28.9. The van der Waals surface area contributed by atoms with Crippen LogP contribution in [0.1, 0.15) is 59.8 Å². The van der Waals surface area contributed by atoms with Gasteiger partial charge in [0.25, 0.3) is 0 Å². The predicted molar refractivity (Wildman–Crippen MR) is 147 cm³/mol. The molecule has 0 atom stereocenters. The molecule has 0 aromatic carbocycles. The molecule has 14 heteroatoms. The molecule has 14 nitrogen and oxygen atoms in total. The molecule has 2 fully saturated rings. The monoisotopic (exact) mass is 600 g/mol. The molecular formula is C28H44N2O12. The van der Waals surface area contributed by atoms with E-state index < -0.39 is 23.7 Å². The van der Waals surface area contributed by atoms with Crippen molar-refractivity contribution in [2.45, 2.75) is 59.8 Å². The summed E-state index contributed by atoms with van der Waals surface area (Å²) in [5, 5.41) is 0. The van der Waals surface area contributed by atoms with Gasteiger partial charge < -0.3 is 38.2 Å². The van der Waals surface area contributed by atoms with Crippen LogP contribution < -0.4 is 0 Å². The second-order valence-corrected chi connectivity index (χ2v) is 10.2. The van der Waals surface area contributed by atoms with E-state index in [1.54, 1.807) is 23.6 Å². The topological polar surface area (TPSA) is 164 Å². The molecule has 0 saturated carbocycles. The Kier molecular flexibility index (Phi) is 16.6. The van der Waals surface area contributed by atoms with Gasteiger partial charge >= 0.3 is 24.2 Å². The number of esters is 2. The third-order valence-electron chi connectivity index (χ3n) is 6.36. The van der Waals surface area contributed by atoms with E-state index in [2.05, 4.69) is 6.58 Å². The second kappa shape index (κ2) is 19.3. The highest BCUT2D eigenvalue weighted by molar-refractivity contribution is 5.86. The fourth-order valence-electron chi connectivity index (χ4n) is 3.42. The summed E-state index contributed by atoms with van der Waals surface area (Å²) in [6.07, 6.45) is 1.81. The van der Waals surface area contributed by atoms with Crippen molar-refractivity contribution in [2.24, 2.45) is 5.41 Å². The zero-order valence-corrected chi connectivity index (χ0v) is 25.1. The average molecular weight is 601 g/mol. The van der Waals surface area contributed by atoms with Crippen LogP contribution in [0.25, 0.3) is 0 Å². The second-order valence-electron chi connectivity index (χ2n) is 10.2. The Bertz CT molecular complexity index is 949. The van der Waals surface area contributed by atoms with E-state index in [-0.39, 0.29) is 63.0 Å². The van der Waals surface area contributed by atoms with Crippen LogP contribution in [-0.2, 0) is 47.6 Å². The third kappa shape index (κ3) is 14.7. The molecule has 238 valence electrons. The lowest BCUT2D eigenvalue weighted by Gasteiger charge is -2.20. The molecule has 0 aliphatic carbocycles. The highest BCUT2D eigenvalue weighted by Gasteiger charge is 2.27. The first-order chi connectivity index (χ1) is 19.9. The van der Waals surface area contributed by atoms with Gasteiger partial charge in [-0.05, 0) is 40.0 Å². The molecule has 2 heterocycles. The summed E-state index contributed by atoms with van der Waals surface area (Å²) in [6.45, 7) is 12.6. The van der Waals surface area contributed by atoms with Crippen molar-refractivity contribution in [2.75, 3.05) is 65.8 Å². The molecule has 42 heavy (non-hydrogen) atoms. The molecule has 0 aromatic rings. The van der Waals surface area contributed by atoms with Crippen molar-refractivity contribution in [3.8, 4) is 0 Å². The molecule has 0 bridgehead atoms. The van der Waals surface area contributed by atoms with Gasteiger partial charge in [-0.3, -0.25) is 14.4 Å². The molecule has 2 aliphatic rings. The molecule has 0 aromatic heterocycles. The zero-order chi connectivity index (χ0) is 31.5. The summed E-state index contributed by atoms with van der Waals surface area (Å²) in [6, 6.07) is 0. The number of ether oxygens (including phenoxy) is 6. The Morgan fingerprint density at radius 1 is 0.714 bits per heavy atom. The van der Waals surface area contributed by atoms with Crippen molar-refractivity contribution in [3.63, 3.8) is 0 Å². The molecule has 0 radical (unpaired) electrons.